The first kappa shape index (κ1) is 12.0. The van der Waals surface area contributed by atoms with E-state index in [9.17, 15) is 15.0 Å². The first-order valence-corrected chi connectivity index (χ1v) is 5.00. The molecule has 94 valence electrons. The summed E-state index contributed by atoms with van der Waals surface area (Å²) in [5, 5.41) is 35.5. The van der Waals surface area contributed by atoms with Gasteiger partial charge in [-0.15, -0.1) is 0 Å². The number of aliphatic hydroxyl groups is 3. The zero-order valence-corrected chi connectivity index (χ0v) is 8.85. The molecule has 4 atom stereocenters. The van der Waals surface area contributed by atoms with Gasteiger partial charge in [0, 0.05) is 0 Å². The second-order valence-corrected chi connectivity index (χ2v) is 3.75. The smallest absolute Gasteiger partial charge is 0.269 e. The topological polar surface area (TPSA) is 115 Å². The summed E-state index contributed by atoms with van der Waals surface area (Å²) in [5.41, 5.74) is 0. The number of nitrogens with zero attached hydrogens (tertiary/aromatic N) is 2. The van der Waals surface area contributed by atoms with Crippen LogP contribution in [-0.2, 0) is 9.53 Å². The highest BCUT2D eigenvalue weighted by Gasteiger charge is 2.46. The van der Waals surface area contributed by atoms with Crippen LogP contribution in [0.15, 0.2) is 17.5 Å². The average Bonchev–Trinajstić information content (AvgIpc) is 2.57. The highest BCUT2D eigenvalue weighted by atomic mass is 16.6. The lowest BCUT2D eigenvalue weighted by molar-refractivity contribution is -0.118. The largest absolute Gasteiger partial charge is 0.394 e. The molecular weight excluding hydrogens is 230 g/mol. The summed E-state index contributed by atoms with van der Waals surface area (Å²) < 4.78 is 5.23. The van der Waals surface area contributed by atoms with E-state index >= 15 is 0 Å². The number of aliphatic hydroxyl groups excluding tert-OH is 3. The average molecular weight is 243 g/mol. The lowest BCUT2D eigenvalue weighted by Gasteiger charge is -2.30. The summed E-state index contributed by atoms with van der Waals surface area (Å²) in [7, 11) is 0. The molecule has 0 aromatic heterocycles. The van der Waals surface area contributed by atoms with E-state index in [0.717, 1.165) is 11.2 Å². The first-order valence-electron chi connectivity index (χ1n) is 5.00. The van der Waals surface area contributed by atoms with Crippen molar-refractivity contribution in [1.82, 2.24) is 10.3 Å². The molecule has 1 amide bonds. The third-order valence-electron chi connectivity index (χ3n) is 2.60. The van der Waals surface area contributed by atoms with Crippen LogP contribution in [0.25, 0.3) is 0 Å². The predicted octanol–water partition coefficient (Wildman–Crippen LogP) is -2.69. The molecule has 4 N–H and O–H groups in total. The molecule has 0 spiro atoms. The summed E-state index contributed by atoms with van der Waals surface area (Å²) in [5.74, 6) is -0.301. The summed E-state index contributed by atoms with van der Waals surface area (Å²) in [4.78, 5) is 11.0. The van der Waals surface area contributed by atoms with Gasteiger partial charge < -0.3 is 25.4 Å². The van der Waals surface area contributed by atoms with Gasteiger partial charge in [-0.1, -0.05) is 6.58 Å². The molecule has 0 saturated carbocycles. The van der Waals surface area contributed by atoms with Gasteiger partial charge in [0.25, 0.3) is 5.91 Å². The van der Waals surface area contributed by atoms with Gasteiger partial charge in [-0.25, -0.2) is 5.01 Å². The molecule has 2 aliphatic heterocycles. The lowest BCUT2D eigenvalue weighted by Crippen LogP contribution is -2.47. The predicted molar refractivity (Wildman–Crippen MR) is 55.4 cm³/mol. The van der Waals surface area contributed by atoms with Crippen molar-refractivity contribution in [3.8, 4) is 0 Å². The van der Waals surface area contributed by atoms with E-state index in [-0.39, 0.29) is 5.82 Å². The van der Waals surface area contributed by atoms with Gasteiger partial charge >= 0.3 is 0 Å². The number of amides is 1. The molecule has 2 heterocycles. The SMILES string of the molecule is C=C1NC(=O)C=NN1[C@@H]1O[C@H](CO)[C@H](O)C1O. The molecule has 8 nitrogen and oxygen atoms in total. The zero-order valence-electron chi connectivity index (χ0n) is 8.85. The van der Waals surface area contributed by atoms with Gasteiger partial charge in [-0.05, 0) is 0 Å². The molecular formula is C9H13N3O5. The number of nitrogens with one attached hydrogen (secondary N) is 1. The fourth-order valence-corrected chi connectivity index (χ4v) is 1.72. The quantitative estimate of drug-likeness (QED) is 0.420. The van der Waals surface area contributed by atoms with Gasteiger partial charge in [0.05, 0.1) is 6.61 Å². The molecule has 0 bridgehead atoms. The van der Waals surface area contributed by atoms with Crippen molar-refractivity contribution in [3.63, 3.8) is 0 Å². The van der Waals surface area contributed by atoms with E-state index in [2.05, 4.69) is 17.0 Å². The Labute approximate surface area is 96.8 Å². The van der Waals surface area contributed by atoms with Crippen LogP contribution in [0.2, 0.25) is 0 Å². The van der Waals surface area contributed by atoms with E-state index < -0.39 is 37.1 Å². The van der Waals surface area contributed by atoms with E-state index in [4.69, 9.17) is 9.84 Å². The maximum Gasteiger partial charge on any atom is 0.269 e. The molecule has 0 radical (unpaired) electrons. The second kappa shape index (κ2) is 4.41. The number of hydrogen-bond donors (Lipinski definition) is 4. The minimum Gasteiger partial charge on any atom is -0.394 e. The van der Waals surface area contributed by atoms with E-state index in [1.165, 1.54) is 0 Å². The molecule has 1 fully saturated rings. The van der Waals surface area contributed by atoms with Gasteiger partial charge in [0.15, 0.2) is 6.23 Å². The maximum absolute atomic E-state index is 11.0. The van der Waals surface area contributed by atoms with Crippen LogP contribution in [0.3, 0.4) is 0 Å². The zero-order chi connectivity index (χ0) is 12.6. The van der Waals surface area contributed by atoms with Crippen molar-refractivity contribution in [1.29, 1.82) is 0 Å². The van der Waals surface area contributed by atoms with E-state index in [0.29, 0.717) is 0 Å². The summed E-state index contributed by atoms with van der Waals surface area (Å²) in [6.45, 7) is 3.12. The van der Waals surface area contributed by atoms with Gasteiger partial charge in [0.1, 0.15) is 30.3 Å². The van der Waals surface area contributed by atoms with Crippen LogP contribution in [0.5, 0.6) is 0 Å². The fourth-order valence-electron chi connectivity index (χ4n) is 1.72. The Hall–Kier alpha value is -1.48. The highest BCUT2D eigenvalue weighted by molar-refractivity contribution is 6.27. The van der Waals surface area contributed by atoms with Crippen LogP contribution in [0.4, 0.5) is 0 Å². The van der Waals surface area contributed by atoms with Crippen LogP contribution in [0.1, 0.15) is 0 Å². The Morgan fingerprint density at radius 3 is 2.76 bits per heavy atom. The Morgan fingerprint density at radius 1 is 1.53 bits per heavy atom. The summed E-state index contributed by atoms with van der Waals surface area (Å²) in [6, 6.07) is 0. The van der Waals surface area contributed by atoms with Crippen molar-refractivity contribution in [2.45, 2.75) is 24.5 Å². The molecule has 17 heavy (non-hydrogen) atoms. The maximum atomic E-state index is 11.0. The highest BCUT2D eigenvalue weighted by Crippen LogP contribution is 2.26. The van der Waals surface area contributed by atoms with Crippen LogP contribution in [0, 0.1) is 0 Å². The monoisotopic (exact) mass is 243 g/mol. The first-order chi connectivity index (χ1) is 8.04. The van der Waals surface area contributed by atoms with E-state index in [1.807, 2.05) is 0 Å². The van der Waals surface area contributed by atoms with Crippen molar-refractivity contribution in [3.05, 3.63) is 12.4 Å². The summed E-state index contributed by atoms with van der Waals surface area (Å²) >= 11 is 0. The standard InChI is InChI=1S/C9H13N3O5/c1-4-11-6(14)2-10-12(4)9-8(16)7(15)5(3-13)17-9/h2,5,7-9,13,15-16H,1,3H2,(H,11,14)/t5-,7+,8?,9-/m1/s1. The van der Waals surface area contributed by atoms with Crippen LogP contribution >= 0.6 is 0 Å². The lowest BCUT2D eigenvalue weighted by atomic mass is 10.1. The summed E-state index contributed by atoms with van der Waals surface area (Å²) in [6.07, 6.45) is -3.35. The Balaban J connectivity index is 2.16. The van der Waals surface area contributed by atoms with Crippen LogP contribution in [-0.4, -0.2) is 63.6 Å². The Kier molecular flexibility index (Phi) is 3.11. The normalized spacial score (nSPS) is 37.5. The number of hydrazone groups is 1. The number of carbonyl (C=O) groups is 1. The molecule has 1 unspecified atom stereocenters. The number of hydrogen-bond acceptors (Lipinski definition) is 7. The van der Waals surface area contributed by atoms with Crippen molar-refractivity contribution < 1.29 is 24.9 Å². The molecule has 0 aromatic carbocycles. The van der Waals surface area contributed by atoms with Crippen molar-refractivity contribution in [2.24, 2.45) is 5.10 Å². The molecule has 0 aromatic rings. The minimum absolute atomic E-state index is 0.132. The molecule has 1 saturated heterocycles. The third-order valence-corrected chi connectivity index (χ3v) is 2.60. The minimum atomic E-state index is -1.25. The van der Waals surface area contributed by atoms with Gasteiger partial charge in [-0.2, -0.15) is 5.10 Å². The second-order valence-electron chi connectivity index (χ2n) is 3.75. The van der Waals surface area contributed by atoms with Crippen molar-refractivity contribution >= 4 is 12.1 Å². The Bertz CT molecular complexity index is 372. The van der Waals surface area contributed by atoms with Gasteiger partial charge in [-0.3, -0.25) is 4.79 Å². The number of ether oxygens (including phenoxy) is 1. The molecule has 0 aliphatic carbocycles. The third kappa shape index (κ3) is 2.03. The van der Waals surface area contributed by atoms with E-state index in [1.54, 1.807) is 0 Å². The fraction of sp³-hybridized carbons (Fsp3) is 0.556. The number of carbonyl (C=O) groups excluding carboxylic acids is 1. The Morgan fingerprint density at radius 2 is 2.24 bits per heavy atom. The molecule has 2 rings (SSSR count). The molecule has 8 heteroatoms. The molecule has 2 aliphatic rings. The van der Waals surface area contributed by atoms with Gasteiger partial charge in [0.2, 0.25) is 0 Å². The van der Waals surface area contributed by atoms with Crippen LogP contribution < -0.4 is 5.32 Å². The van der Waals surface area contributed by atoms with Crippen molar-refractivity contribution in [2.75, 3.05) is 6.61 Å². The number of rotatable bonds is 2.